The summed E-state index contributed by atoms with van der Waals surface area (Å²) in [5.74, 6) is 0.408. The molecule has 1 saturated heterocycles. The molecule has 5 nitrogen and oxygen atoms in total. The summed E-state index contributed by atoms with van der Waals surface area (Å²) in [7, 11) is 0. The van der Waals surface area contributed by atoms with Crippen molar-refractivity contribution in [3.8, 4) is 5.69 Å². The first-order chi connectivity index (χ1) is 13.3. The summed E-state index contributed by atoms with van der Waals surface area (Å²) in [5, 5.41) is 0. The molecule has 0 unspecified atom stereocenters. The number of ether oxygens (including phenoxy) is 1. The Morgan fingerprint density at radius 3 is 2.25 bits per heavy atom. The smallest absolute Gasteiger partial charge is 0.340 e. The second-order valence-corrected chi connectivity index (χ2v) is 8.28. The van der Waals surface area contributed by atoms with Crippen LogP contribution in [0.1, 0.15) is 47.6 Å². The highest BCUT2D eigenvalue weighted by molar-refractivity contribution is 5.93. The minimum Gasteiger partial charge on any atom is -0.452 e. The molecule has 3 rings (SSSR count). The van der Waals surface area contributed by atoms with Crippen molar-refractivity contribution < 1.29 is 14.3 Å². The quantitative estimate of drug-likeness (QED) is 0.749. The maximum atomic E-state index is 12.6. The third-order valence-corrected chi connectivity index (χ3v) is 5.49. The maximum Gasteiger partial charge on any atom is 0.340 e. The average molecular weight is 383 g/mol. The third-order valence-electron chi connectivity index (χ3n) is 5.49. The Balaban J connectivity index is 1.69. The third kappa shape index (κ3) is 4.29. The van der Waals surface area contributed by atoms with Gasteiger partial charge in [0.05, 0.1) is 5.56 Å². The lowest BCUT2D eigenvalue weighted by molar-refractivity contribution is -0.137. The molecule has 1 aliphatic heterocycles. The molecule has 1 fully saturated rings. The Morgan fingerprint density at radius 2 is 1.64 bits per heavy atom. The predicted octanol–water partition coefficient (Wildman–Crippen LogP) is 4.06. The minimum atomic E-state index is -0.446. The summed E-state index contributed by atoms with van der Waals surface area (Å²) in [6.07, 6.45) is 1.13. The van der Waals surface area contributed by atoms with E-state index in [-0.39, 0.29) is 12.5 Å². The lowest BCUT2D eigenvalue weighted by Gasteiger charge is -2.34. The van der Waals surface area contributed by atoms with E-state index >= 15 is 0 Å². The molecule has 1 aliphatic rings. The summed E-state index contributed by atoms with van der Waals surface area (Å²) < 4.78 is 7.41. The van der Waals surface area contributed by atoms with Gasteiger partial charge in [0.1, 0.15) is 0 Å². The van der Waals surface area contributed by atoms with Gasteiger partial charge in [0, 0.05) is 30.2 Å². The van der Waals surface area contributed by atoms with Crippen LogP contribution in [0.3, 0.4) is 0 Å². The van der Waals surface area contributed by atoms with Crippen molar-refractivity contribution in [3.05, 3.63) is 52.8 Å². The molecule has 1 aromatic heterocycles. The van der Waals surface area contributed by atoms with E-state index in [1.165, 1.54) is 5.56 Å². The van der Waals surface area contributed by atoms with E-state index in [2.05, 4.69) is 13.8 Å². The SMILES string of the molecule is Cc1ccc(-n2c(C)cc(C(=O)OCC(=O)N3C[C@@H](C)C[C@H](C)C3)c2C)cc1. The van der Waals surface area contributed by atoms with Crippen LogP contribution in [0.2, 0.25) is 0 Å². The maximum absolute atomic E-state index is 12.6. The second-order valence-electron chi connectivity index (χ2n) is 8.28. The Labute approximate surface area is 167 Å². The standard InChI is InChI=1S/C23H30N2O3/c1-15-6-8-20(9-7-15)25-18(4)11-21(19(25)5)23(27)28-14-22(26)24-12-16(2)10-17(3)13-24/h6-9,11,16-17H,10,12-14H2,1-5H3/t16-,17-/m0/s1. The summed E-state index contributed by atoms with van der Waals surface area (Å²) >= 11 is 0. The first-order valence-electron chi connectivity index (χ1n) is 9.97. The largest absolute Gasteiger partial charge is 0.452 e. The van der Waals surface area contributed by atoms with E-state index in [1.807, 2.05) is 60.6 Å². The first kappa shape index (κ1) is 20.2. The van der Waals surface area contributed by atoms with Crippen molar-refractivity contribution in [2.24, 2.45) is 11.8 Å². The number of carbonyl (C=O) groups excluding carboxylic acids is 2. The molecule has 150 valence electrons. The lowest BCUT2D eigenvalue weighted by Crippen LogP contribution is -2.44. The number of carbonyl (C=O) groups is 2. The molecule has 2 heterocycles. The molecule has 1 aromatic carbocycles. The fourth-order valence-corrected chi connectivity index (χ4v) is 4.22. The van der Waals surface area contributed by atoms with Gasteiger partial charge in [0.15, 0.2) is 6.61 Å². The zero-order valence-electron chi connectivity index (χ0n) is 17.5. The Morgan fingerprint density at radius 1 is 1.04 bits per heavy atom. The Bertz CT molecular complexity index is 857. The lowest BCUT2D eigenvalue weighted by atomic mass is 9.92. The summed E-state index contributed by atoms with van der Waals surface area (Å²) in [5.41, 5.74) is 4.47. The van der Waals surface area contributed by atoms with Crippen LogP contribution < -0.4 is 0 Å². The van der Waals surface area contributed by atoms with Gasteiger partial charge < -0.3 is 14.2 Å². The number of hydrogen-bond acceptors (Lipinski definition) is 3. The topological polar surface area (TPSA) is 51.5 Å². The number of hydrogen-bond donors (Lipinski definition) is 0. The number of rotatable bonds is 4. The normalized spacial score (nSPS) is 19.5. The molecule has 5 heteroatoms. The van der Waals surface area contributed by atoms with Crippen LogP contribution in [0.25, 0.3) is 5.69 Å². The Hall–Kier alpha value is -2.56. The number of aryl methyl sites for hydroxylation is 2. The van der Waals surface area contributed by atoms with Gasteiger partial charge in [-0.15, -0.1) is 0 Å². The Kier molecular flexibility index (Phi) is 5.92. The van der Waals surface area contributed by atoms with Crippen LogP contribution in [-0.4, -0.2) is 41.0 Å². The van der Waals surface area contributed by atoms with Crippen molar-refractivity contribution in [1.29, 1.82) is 0 Å². The molecule has 1 amide bonds. The molecule has 0 spiro atoms. The van der Waals surface area contributed by atoms with E-state index in [0.29, 0.717) is 17.4 Å². The molecule has 2 aromatic rings. The van der Waals surface area contributed by atoms with Crippen LogP contribution >= 0.6 is 0 Å². The monoisotopic (exact) mass is 382 g/mol. The van der Waals surface area contributed by atoms with Crippen molar-refractivity contribution in [2.45, 2.75) is 41.0 Å². The van der Waals surface area contributed by atoms with E-state index in [4.69, 9.17) is 4.74 Å². The number of likely N-dealkylation sites (tertiary alicyclic amines) is 1. The van der Waals surface area contributed by atoms with Crippen molar-refractivity contribution >= 4 is 11.9 Å². The summed E-state index contributed by atoms with van der Waals surface area (Å²) in [6, 6.07) is 9.99. The fourth-order valence-electron chi connectivity index (χ4n) is 4.22. The van der Waals surface area contributed by atoms with E-state index in [0.717, 1.165) is 36.6 Å². The number of aromatic nitrogens is 1. The summed E-state index contributed by atoms with van der Waals surface area (Å²) in [6.45, 7) is 11.5. The van der Waals surface area contributed by atoms with Crippen molar-refractivity contribution in [3.63, 3.8) is 0 Å². The highest BCUT2D eigenvalue weighted by Crippen LogP contribution is 2.23. The molecule has 0 saturated carbocycles. The number of benzene rings is 1. The highest BCUT2D eigenvalue weighted by atomic mass is 16.5. The van der Waals surface area contributed by atoms with Gasteiger partial charge in [-0.1, -0.05) is 31.5 Å². The summed E-state index contributed by atoms with van der Waals surface area (Å²) in [4.78, 5) is 26.9. The minimum absolute atomic E-state index is 0.112. The van der Waals surface area contributed by atoms with Crippen LogP contribution in [0.5, 0.6) is 0 Å². The molecule has 0 aliphatic carbocycles. The predicted molar refractivity (Wildman–Crippen MR) is 110 cm³/mol. The van der Waals surface area contributed by atoms with E-state index in [1.54, 1.807) is 0 Å². The average Bonchev–Trinajstić information content (AvgIpc) is 2.94. The molecule has 0 bridgehead atoms. The van der Waals surface area contributed by atoms with Gasteiger partial charge in [-0.25, -0.2) is 4.79 Å². The fraction of sp³-hybridized carbons (Fsp3) is 0.478. The van der Waals surface area contributed by atoms with Gasteiger partial charge >= 0.3 is 5.97 Å². The zero-order valence-corrected chi connectivity index (χ0v) is 17.5. The second kappa shape index (κ2) is 8.21. The van der Waals surface area contributed by atoms with Gasteiger partial charge in [0.2, 0.25) is 0 Å². The van der Waals surface area contributed by atoms with E-state index < -0.39 is 5.97 Å². The first-order valence-corrected chi connectivity index (χ1v) is 9.97. The van der Waals surface area contributed by atoms with Gasteiger partial charge in [-0.05, 0) is 57.2 Å². The van der Waals surface area contributed by atoms with Crippen molar-refractivity contribution in [2.75, 3.05) is 19.7 Å². The molecule has 0 N–H and O–H groups in total. The molecule has 28 heavy (non-hydrogen) atoms. The number of esters is 1. The molecule has 2 atom stereocenters. The molecule has 0 radical (unpaired) electrons. The van der Waals surface area contributed by atoms with Crippen LogP contribution in [-0.2, 0) is 9.53 Å². The van der Waals surface area contributed by atoms with Crippen molar-refractivity contribution in [1.82, 2.24) is 9.47 Å². The highest BCUT2D eigenvalue weighted by Gasteiger charge is 2.26. The number of piperidine rings is 1. The number of nitrogens with zero attached hydrogens (tertiary/aromatic N) is 2. The van der Waals surface area contributed by atoms with Gasteiger partial charge in [-0.2, -0.15) is 0 Å². The molecular weight excluding hydrogens is 352 g/mol. The number of amides is 1. The molecular formula is C23H30N2O3. The van der Waals surface area contributed by atoms with E-state index in [9.17, 15) is 9.59 Å². The van der Waals surface area contributed by atoms with Gasteiger partial charge in [0.25, 0.3) is 5.91 Å². The zero-order chi connectivity index (χ0) is 20.4. The van der Waals surface area contributed by atoms with Gasteiger partial charge in [-0.3, -0.25) is 4.79 Å². The van der Waals surface area contributed by atoms with Crippen LogP contribution in [0.15, 0.2) is 30.3 Å². The van der Waals surface area contributed by atoms with Crippen LogP contribution in [0, 0.1) is 32.6 Å². The van der Waals surface area contributed by atoms with Crippen LogP contribution in [0.4, 0.5) is 0 Å².